The van der Waals surface area contributed by atoms with Crippen LogP contribution in [0.1, 0.15) is 11.1 Å². The van der Waals surface area contributed by atoms with Crippen molar-refractivity contribution in [2.75, 3.05) is 12.4 Å². The van der Waals surface area contributed by atoms with Gasteiger partial charge in [0.15, 0.2) is 16.6 Å². The van der Waals surface area contributed by atoms with Crippen molar-refractivity contribution in [3.8, 4) is 11.5 Å². The largest absolute Gasteiger partial charge is 0.504 e. The SMILES string of the molecule is COc1cc(/C=N/NC(=S)Nc2cc(C(F)(F)F)ccc2Cl)ccc1O. The highest BCUT2D eigenvalue weighted by molar-refractivity contribution is 7.80. The summed E-state index contributed by atoms with van der Waals surface area (Å²) in [6.45, 7) is 0. The maximum atomic E-state index is 12.7. The molecule has 10 heteroatoms. The lowest BCUT2D eigenvalue weighted by Gasteiger charge is -2.12. The van der Waals surface area contributed by atoms with Crippen LogP contribution in [0.25, 0.3) is 0 Å². The second-order valence-corrected chi connectivity index (χ2v) is 5.76. The number of halogens is 4. The zero-order valence-corrected chi connectivity index (χ0v) is 14.8. The summed E-state index contributed by atoms with van der Waals surface area (Å²) in [7, 11) is 1.41. The number of aromatic hydroxyl groups is 1. The molecular weight excluding hydrogens is 391 g/mol. The number of nitrogens with one attached hydrogen (secondary N) is 2. The van der Waals surface area contributed by atoms with E-state index in [0.29, 0.717) is 5.56 Å². The molecule has 0 unspecified atom stereocenters. The van der Waals surface area contributed by atoms with Gasteiger partial charge in [0.1, 0.15) is 0 Å². The van der Waals surface area contributed by atoms with E-state index in [9.17, 15) is 18.3 Å². The van der Waals surface area contributed by atoms with E-state index in [1.54, 1.807) is 12.1 Å². The lowest BCUT2D eigenvalue weighted by Crippen LogP contribution is -2.24. The van der Waals surface area contributed by atoms with E-state index in [0.717, 1.165) is 18.2 Å². The Hall–Kier alpha value is -2.52. The molecule has 0 aliphatic rings. The van der Waals surface area contributed by atoms with E-state index in [4.69, 9.17) is 28.6 Å². The predicted molar refractivity (Wildman–Crippen MR) is 98.1 cm³/mol. The zero-order valence-electron chi connectivity index (χ0n) is 13.3. The molecule has 0 aliphatic heterocycles. The molecule has 0 spiro atoms. The molecule has 0 atom stereocenters. The smallest absolute Gasteiger partial charge is 0.416 e. The maximum Gasteiger partial charge on any atom is 0.416 e. The summed E-state index contributed by atoms with van der Waals surface area (Å²) in [5, 5.41) is 16.0. The van der Waals surface area contributed by atoms with Crippen LogP contribution in [0.4, 0.5) is 18.9 Å². The summed E-state index contributed by atoms with van der Waals surface area (Å²) in [4.78, 5) is 0. The highest BCUT2D eigenvalue weighted by Gasteiger charge is 2.31. The van der Waals surface area contributed by atoms with Crippen LogP contribution in [0.2, 0.25) is 5.02 Å². The van der Waals surface area contributed by atoms with Crippen LogP contribution in [0.5, 0.6) is 11.5 Å². The lowest BCUT2D eigenvalue weighted by molar-refractivity contribution is -0.137. The van der Waals surface area contributed by atoms with Crippen LogP contribution < -0.4 is 15.5 Å². The summed E-state index contributed by atoms with van der Waals surface area (Å²) in [6.07, 6.45) is -3.10. The van der Waals surface area contributed by atoms with Crippen LogP contribution in [0.3, 0.4) is 0 Å². The molecule has 0 saturated carbocycles. The van der Waals surface area contributed by atoms with Gasteiger partial charge in [-0.05, 0) is 54.2 Å². The molecule has 3 N–H and O–H groups in total. The number of anilines is 1. The van der Waals surface area contributed by atoms with E-state index in [1.165, 1.54) is 19.4 Å². The Morgan fingerprint density at radius 1 is 1.27 bits per heavy atom. The first-order chi connectivity index (χ1) is 12.2. The molecule has 0 aromatic heterocycles. The molecule has 0 bridgehead atoms. The molecule has 0 radical (unpaired) electrons. The van der Waals surface area contributed by atoms with E-state index in [2.05, 4.69) is 15.8 Å². The quantitative estimate of drug-likeness (QED) is 0.401. The topological polar surface area (TPSA) is 65.9 Å². The molecule has 0 fully saturated rings. The second-order valence-electron chi connectivity index (χ2n) is 4.95. The molecule has 0 saturated heterocycles. The molecule has 0 heterocycles. The summed E-state index contributed by atoms with van der Waals surface area (Å²) >= 11 is 10.9. The Morgan fingerprint density at radius 2 is 2.00 bits per heavy atom. The first kappa shape index (κ1) is 19.8. The summed E-state index contributed by atoms with van der Waals surface area (Å²) in [6, 6.07) is 7.41. The molecule has 0 aliphatic carbocycles. The van der Waals surface area contributed by atoms with Crippen molar-refractivity contribution in [1.82, 2.24) is 5.43 Å². The van der Waals surface area contributed by atoms with Gasteiger partial charge >= 0.3 is 6.18 Å². The number of benzene rings is 2. The third-order valence-electron chi connectivity index (χ3n) is 3.13. The van der Waals surface area contributed by atoms with Crippen molar-refractivity contribution in [3.05, 3.63) is 52.5 Å². The van der Waals surface area contributed by atoms with Gasteiger partial charge < -0.3 is 15.2 Å². The monoisotopic (exact) mass is 403 g/mol. The number of hydrazone groups is 1. The third-order valence-corrected chi connectivity index (χ3v) is 3.65. The van der Waals surface area contributed by atoms with Crippen molar-refractivity contribution in [3.63, 3.8) is 0 Å². The zero-order chi connectivity index (χ0) is 19.3. The fraction of sp³-hybridized carbons (Fsp3) is 0.125. The number of ether oxygens (including phenoxy) is 1. The summed E-state index contributed by atoms with van der Waals surface area (Å²) in [5.74, 6) is 0.249. The normalized spacial score (nSPS) is 11.4. The second kappa shape index (κ2) is 8.24. The molecule has 0 amide bonds. The minimum Gasteiger partial charge on any atom is -0.504 e. The van der Waals surface area contributed by atoms with E-state index >= 15 is 0 Å². The molecule has 2 rings (SSSR count). The molecular formula is C16H13ClF3N3O2S. The summed E-state index contributed by atoms with van der Waals surface area (Å²) in [5.41, 5.74) is 2.21. The van der Waals surface area contributed by atoms with Crippen LogP contribution in [-0.4, -0.2) is 23.5 Å². The Morgan fingerprint density at radius 3 is 2.65 bits per heavy atom. The average Bonchev–Trinajstić information content (AvgIpc) is 2.57. The highest BCUT2D eigenvalue weighted by atomic mass is 35.5. The van der Waals surface area contributed by atoms with Crippen LogP contribution >= 0.6 is 23.8 Å². The fourth-order valence-corrected chi connectivity index (χ4v) is 2.22. The van der Waals surface area contributed by atoms with Gasteiger partial charge in [-0.15, -0.1) is 0 Å². The Bertz CT molecular complexity index is 844. The number of nitrogens with zero attached hydrogens (tertiary/aromatic N) is 1. The van der Waals surface area contributed by atoms with Crippen LogP contribution in [0.15, 0.2) is 41.5 Å². The number of alkyl halides is 3. The van der Waals surface area contributed by atoms with Crippen molar-refractivity contribution >= 4 is 40.8 Å². The van der Waals surface area contributed by atoms with E-state index in [1.807, 2.05) is 0 Å². The number of hydrogen-bond acceptors (Lipinski definition) is 4. The minimum atomic E-state index is -4.49. The molecule has 5 nitrogen and oxygen atoms in total. The van der Waals surface area contributed by atoms with Crippen LogP contribution in [0, 0.1) is 0 Å². The molecule has 138 valence electrons. The van der Waals surface area contributed by atoms with Gasteiger partial charge in [0, 0.05) is 0 Å². The Balaban J connectivity index is 2.03. The highest BCUT2D eigenvalue weighted by Crippen LogP contribution is 2.33. The van der Waals surface area contributed by atoms with E-state index in [-0.39, 0.29) is 27.3 Å². The number of thiocarbonyl (C=S) groups is 1. The van der Waals surface area contributed by atoms with Gasteiger partial charge in [-0.2, -0.15) is 18.3 Å². The molecule has 2 aromatic rings. The number of rotatable bonds is 4. The van der Waals surface area contributed by atoms with Crippen LogP contribution in [-0.2, 0) is 6.18 Å². The van der Waals surface area contributed by atoms with Gasteiger partial charge in [0.25, 0.3) is 0 Å². The Labute approximate surface area is 157 Å². The first-order valence-corrected chi connectivity index (χ1v) is 7.83. The lowest BCUT2D eigenvalue weighted by atomic mass is 10.2. The number of phenols is 1. The summed E-state index contributed by atoms with van der Waals surface area (Å²) < 4.78 is 43.2. The molecule has 2 aromatic carbocycles. The molecule has 26 heavy (non-hydrogen) atoms. The number of methoxy groups -OCH3 is 1. The van der Waals surface area contributed by atoms with Gasteiger partial charge in [0.05, 0.1) is 29.6 Å². The maximum absolute atomic E-state index is 12.7. The van der Waals surface area contributed by atoms with Crippen molar-refractivity contribution in [2.45, 2.75) is 6.18 Å². The Kier molecular flexibility index (Phi) is 6.27. The third kappa shape index (κ3) is 5.24. The van der Waals surface area contributed by atoms with E-state index < -0.39 is 11.7 Å². The first-order valence-electron chi connectivity index (χ1n) is 7.04. The number of hydrogen-bond donors (Lipinski definition) is 3. The average molecular weight is 404 g/mol. The van der Waals surface area contributed by atoms with Gasteiger partial charge in [-0.1, -0.05) is 11.6 Å². The van der Waals surface area contributed by atoms with Gasteiger partial charge in [0.2, 0.25) is 0 Å². The fourth-order valence-electron chi connectivity index (χ4n) is 1.89. The minimum absolute atomic E-state index is 0.000458. The van der Waals surface area contributed by atoms with Gasteiger partial charge in [-0.25, -0.2) is 0 Å². The van der Waals surface area contributed by atoms with Crippen molar-refractivity contribution in [2.24, 2.45) is 5.10 Å². The predicted octanol–water partition coefficient (Wildman–Crippen LogP) is 4.39. The standard InChI is InChI=1S/C16H13ClF3N3O2S/c1-25-14-6-9(2-5-13(14)24)8-21-23-15(26)22-12-7-10(16(18,19)20)3-4-11(12)17/h2-8,24H,1H3,(H2,22,23,26)/b21-8+. The van der Waals surface area contributed by atoms with Gasteiger partial charge in [-0.3, -0.25) is 5.43 Å². The van der Waals surface area contributed by atoms with Crippen molar-refractivity contribution < 1.29 is 23.0 Å². The number of phenolic OH excluding ortho intramolecular Hbond substituents is 1. The van der Waals surface area contributed by atoms with Crippen molar-refractivity contribution in [1.29, 1.82) is 0 Å².